The minimum Gasteiger partial charge on any atom is -0.374 e. The van der Waals surface area contributed by atoms with Crippen LogP contribution < -0.4 is 10.6 Å². The molecule has 1 atom stereocenters. The Morgan fingerprint density at radius 1 is 1.15 bits per heavy atom. The number of nitriles is 1. The number of benzene rings is 2. The van der Waals surface area contributed by atoms with Gasteiger partial charge < -0.3 is 15.4 Å². The molecule has 0 aliphatic heterocycles. The van der Waals surface area contributed by atoms with Crippen molar-refractivity contribution in [2.45, 2.75) is 26.0 Å². The van der Waals surface area contributed by atoms with Crippen molar-refractivity contribution in [2.24, 2.45) is 4.99 Å². The number of aliphatic imine (C=N–C) groups is 1. The predicted octanol–water partition coefficient (Wildman–Crippen LogP) is 4.01. The summed E-state index contributed by atoms with van der Waals surface area (Å²) in [5, 5.41) is 15.5. The van der Waals surface area contributed by atoms with Crippen LogP contribution in [0.1, 0.15) is 36.1 Å². The molecule has 0 saturated heterocycles. The van der Waals surface area contributed by atoms with Gasteiger partial charge in [0, 0.05) is 26.7 Å². The van der Waals surface area contributed by atoms with Crippen LogP contribution in [0.3, 0.4) is 0 Å². The molecule has 0 aliphatic rings. The van der Waals surface area contributed by atoms with Crippen LogP contribution in [0, 0.1) is 11.3 Å². The first-order valence-corrected chi connectivity index (χ1v) is 8.83. The predicted molar refractivity (Wildman–Crippen MR) is 120 cm³/mol. The first-order valence-electron chi connectivity index (χ1n) is 8.83. The molecule has 0 aromatic heterocycles. The molecule has 0 spiro atoms. The number of nitrogens with zero attached hydrogens (tertiary/aromatic N) is 2. The lowest BCUT2D eigenvalue weighted by atomic mass is 10.1. The average Bonchev–Trinajstić information content (AvgIpc) is 2.70. The Bertz CT molecular complexity index is 743. The van der Waals surface area contributed by atoms with Crippen LogP contribution in [0.4, 0.5) is 0 Å². The van der Waals surface area contributed by atoms with E-state index >= 15 is 0 Å². The molecule has 0 fully saturated rings. The normalized spacial score (nSPS) is 11.8. The van der Waals surface area contributed by atoms with E-state index in [9.17, 15) is 0 Å². The Morgan fingerprint density at radius 3 is 2.63 bits per heavy atom. The van der Waals surface area contributed by atoms with E-state index in [0.717, 1.165) is 24.5 Å². The Balaban J connectivity index is 0.00000364. The van der Waals surface area contributed by atoms with Gasteiger partial charge in [-0.05, 0) is 36.6 Å². The van der Waals surface area contributed by atoms with E-state index in [4.69, 9.17) is 10.00 Å². The second-order valence-corrected chi connectivity index (χ2v) is 5.94. The first kappa shape index (κ1) is 22.9. The summed E-state index contributed by atoms with van der Waals surface area (Å²) in [6.45, 7) is 4.15. The van der Waals surface area contributed by atoms with Gasteiger partial charge in [0.25, 0.3) is 0 Å². The highest BCUT2D eigenvalue weighted by Gasteiger charge is 2.04. The van der Waals surface area contributed by atoms with Gasteiger partial charge >= 0.3 is 0 Å². The van der Waals surface area contributed by atoms with Gasteiger partial charge in [-0.15, -0.1) is 24.0 Å². The number of halogens is 1. The molecule has 0 radical (unpaired) electrons. The molecule has 2 aromatic carbocycles. The third kappa shape index (κ3) is 8.41. The molecule has 0 heterocycles. The number of rotatable bonds is 8. The Kier molecular flexibility index (Phi) is 11.1. The van der Waals surface area contributed by atoms with Crippen molar-refractivity contribution in [3.8, 4) is 6.07 Å². The Morgan fingerprint density at radius 2 is 1.93 bits per heavy atom. The van der Waals surface area contributed by atoms with E-state index in [-0.39, 0.29) is 30.1 Å². The quantitative estimate of drug-likeness (QED) is 0.261. The first-order chi connectivity index (χ1) is 12.7. The lowest BCUT2D eigenvalue weighted by Gasteiger charge is -2.15. The van der Waals surface area contributed by atoms with Crippen LogP contribution in [0.2, 0.25) is 0 Å². The fourth-order valence-corrected chi connectivity index (χ4v) is 2.52. The molecule has 0 amide bonds. The molecule has 27 heavy (non-hydrogen) atoms. The van der Waals surface area contributed by atoms with Gasteiger partial charge in [-0.1, -0.05) is 42.5 Å². The maximum atomic E-state index is 8.95. The Labute approximate surface area is 178 Å². The van der Waals surface area contributed by atoms with Gasteiger partial charge in [0.05, 0.1) is 17.7 Å². The fraction of sp³-hybridized carbons (Fsp3) is 0.333. The topological polar surface area (TPSA) is 69.4 Å². The molecule has 2 aromatic rings. The van der Waals surface area contributed by atoms with E-state index in [1.807, 2.05) is 36.4 Å². The van der Waals surface area contributed by atoms with E-state index in [0.29, 0.717) is 18.7 Å². The van der Waals surface area contributed by atoms with Crippen molar-refractivity contribution in [3.63, 3.8) is 0 Å². The number of nitrogens with one attached hydrogen (secondary N) is 2. The number of hydrogen-bond acceptors (Lipinski definition) is 3. The summed E-state index contributed by atoms with van der Waals surface area (Å²) in [6.07, 6.45) is 0.989. The number of guanidine groups is 1. The smallest absolute Gasteiger partial charge is 0.191 e. The lowest BCUT2D eigenvalue weighted by molar-refractivity contribution is 0.0646. The van der Waals surface area contributed by atoms with Gasteiger partial charge in [-0.25, -0.2) is 0 Å². The molecule has 0 saturated carbocycles. The molecule has 0 aliphatic carbocycles. The molecule has 6 heteroatoms. The van der Waals surface area contributed by atoms with Crippen molar-refractivity contribution >= 4 is 29.9 Å². The summed E-state index contributed by atoms with van der Waals surface area (Å²) in [4.78, 5) is 4.21. The zero-order valence-electron chi connectivity index (χ0n) is 15.8. The largest absolute Gasteiger partial charge is 0.374 e. The van der Waals surface area contributed by atoms with Crippen LogP contribution in [0.15, 0.2) is 59.6 Å². The van der Waals surface area contributed by atoms with Crippen molar-refractivity contribution in [1.82, 2.24) is 10.6 Å². The molecular formula is C21H27IN4O. The maximum absolute atomic E-state index is 8.95. The van der Waals surface area contributed by atoms with Crippen molar-refractivity contribution in [3.05, 3.63) is 71.3 Å². The van der Waals surface area contributed by atoms with Crippen molar-refractivity contribution in [2.75, 3.05) is 20.2 Å². The molecule has 0 bridgehead atoms. The lowest BCUT2D eigenvalue weighted by Crippen LogP contribution is -2.37. The summed E-state index contributed by atoms with van der Waals surface area (Å²) in [6, 6.07) is 19.9. The number of ether oxygens (including phenoxy) is 1. The summed E-state index contributed by atoms with van der Waals surface area (Å²) in [7, 11) is 1.75. The average molecular weight is 478 g/mol. The molecule has 2 N–H and O–H groups in total. The van der Waals surface area contributed by atoms with Gasteiger partial charge in [0.2, 0.25) is 0 Å². The standard InChI is InChI=1S/C21H26N4O.HI/c1-17(20-10-4-3-5-11-20)26-13-7-12-24-21(23-2)25-16-19-9-6-8-18(14-19)15-22;/h3-6,8-11,14,17H,7,12-13,16H2,1-2H3,(H2,23,24,25);1H. The summed E-state index contributed by atoms with van der Waals surface area (Å²) >= 11 is 0. The molecule has 2 rings (SSSR count). The third-order valence-corrected chi connectivity index (χ3v) is 3.99. The highest BCUT2D eigenvalue weighted by Crippen LogP contribution is 2.15. The van der Waals surface area contributed by atoms with Crippen LogP contribution >= 0.6 is 24.0 Å². The summed E-state index contributed by atoms with van der Waals surface area (Å²) < 4.78 is 5.87. The highest BCUT2D eigenvalue weighted by atomic mass is 127. The second kappa shape index (κ2) is 13.1. The van der Waals surface area contributed by atoms with E-state index < -0.39 is 0 Å². The molecule has 5 nitrogen and oxygen atoms in total. The van der Waals surface area contributed by atoms with Gasteiger partial charge in [0.1, 0.15) is 0 Å². The SMILES string of the molecule is CN=C(NCCCOC(C)c1ccccc1)NCc1cccc(C#N)c1.I. The number of hydrogen-bond donors (Lipinski definition) is 2. The third-order valence-electron chi connectivity index (χ3n) is 3.99. The molecular weight excluding hydrogens is 451 g/mol. The van der Waals surface area contributed by atoms with E-state index in [1.54, 1.807) is 13.1 Å². The van der Waals surface area contributed by atoms with E-state index in [2.05, 4.69) is 40.8 Å². The maximum Gasteiger partial charge on any atom is 0.191 e. The van der Waals surface area contributed by atoms with Crippen LogP contribution in [-0.2, 0) is 11.3 Å². The second-order valence-electron chi connectivity index (χ2n) is 5.94. The monoisotopic (exact) mass is 478 g/mol. The zero-order valence-corrected chi connectivity index (χ0v) is 18.1. The van der Waals surface area contributed by atoms with Crippen molar-refractivity contribution in [1.29, 1.82) is 5.26 Å². The molecule has 1 unspecified atom stereocenters. The van der Waals surface area contributed by atoms with Crippen LogP contribution in [0.25, 0.3) is 0 Å². The highest BCUT2D eigenvalue weighted by molar-refractivity contribution is 14.0. The Hall–Kier alpha value is -2.11. The zero-order chi connectivity index (χ0) is 18.6. The summed E-state index contributed by atoms with van der Waals surface area (Å²) in [5.74, 6) is 0.739. The van der Waals surface area contributed by atoms with Gasteiger partial charge in [0.15, 0.2) is 5.96 Å². The minimum absolute atomic E-state index is 0. The van der Waals surface area contributed by atoms with E-state index in [1.165, 1.54) is 5.56 Å². The summed E-state index contributed by atoms with van der Waals surface area (Å²) in [5.41, 5.74) is 2.90. The van der Waals surface area contributed by atoms with Crippen LogP contribution in [0.5, 0.6) is 0 Å². The fourth-order valence-electron chi connectivity index (χ4n) is 2.52. The molecule has 144 valence electrons. The van der Waals surface area contributed by atoms with Gasteiger partial charge in [-0.2, -0.15) is 5.26 Å². The van der Waals surface area contributed by atoms with Gasteiger partial charge in [-0.3, -0.25) is 4.99 Å². The van der Waals surface area contributed by atoms with Crippen molar-refractivity contribution < 1.29 is 4.74 Å². The van der Waals surface area contributed by atoms with Crippen LogP contribution in [-0.4, -0.2) is 26.2 Å². The minimum atomic E-state index is 0.